The van der Waals surface area contributed by atoms with Crippen molar-refractivity contribution in [2.75, 3.05) is 12.3 Å². The van der Waals surface area contributed by atoms with E-state index in [-0.39, 0.29) is 18.1 Å². The normalized spacial score (nSPS) is 12.5. The van der Waals surface area contributed by atoms with Crippen molar-refractivity contribution < 1.29 is 9.90 Å². The first-order valence-electron chi connectivity index (χ1n) is 4.83. The number of aryl methyl sites for hydroxylation is 1. The second-order valence-corrected chi connectivity index (χ2v) is 3.35. The molecule has 0 saturated carbocycles. The van der Waals surface area contributed by atoms with Crippen LogP contribution in [-0.4, -0.2) is 33.4 Å². The van der Waals surface area contributed by atoms with Crippen molar-refractivity contribution in [1.82, 2.24) is 15.1 Å². The Morgan fingerprint density at radius 2 is 2.47 bits per heavy atom. The van der Waals surface area contributed by atoms with E-state index in [2.05, 4.69) is 10.4 Å². The van der Waals surface area contributed by atoms with Crippen LogP contribution in [0.3, 0.4) is 0 Å². The van der Waals surface area contributed by atoms with Crippen LogP contribution in [0.15, 0.2) is 6.20 Å². The minimum Gasteiger partial charge on any atom is -0.396 e. The fourth-order valence-corrected chi connectivity index (χ4v) is 1.10. The Morgan fingerprint density at radius 1 is 1.80 bits per heavy atom. The van der Waals surface area contributed by atoms with E-state index < -0.39 is 6.10 Å². The largest absolute Gasteiger partial charge is 0.396 e. The molecule has 0 saturated heterocycles. The molecule has 1 aromatic rings. The maximum Gasteiger partial charge on any atom is 0.274 e. The molecule has 1 rings (SSSR count). The van der Waals surface area contributed by atoms with Gasteiger partial charge in [0.2, 0.25) is 0 Å². The van der Waals surface area contributed by atoms with Gasteiger partial charge in [0.15, 0.2) is 5.69 Å². The number of aromatic nitrogens is 2. The van der Waals surface area contributed by atoms with Crippen LogP contribution < -0.4 is 11.1 Å². The molecule has 15 heavy (non-hydrogen) atoms. The lowest BCUT2D eigenvalue weighted by molar-refractivity contribution is 0.0919. The molecule has 0 radical (unpaired) electrons. The van der Waals surface area contributed by atoms with Gasteiger partial charge in [-0.3, -0.25) is 9.48 Å². The van der Waals surface area contributed by atoms with Crippen LogP contribution in [0.25, 0.3) is 0 Å². The van der Waals surface area contributed by atoms with Gasteiger partial charge in [0.05, 0.1) is 11.8 Å². The third-order valence-electron chi connectivity index (χ3n) is 1.89. The molecule has 84 valence electrons. The molecule has 0 bridgehead atoms. The number of nitrogen functional groups attached to an aromatic ring is 1. The van der Waals surface area contributed by atoms with Gasteiger partial charge in [0.25, 0.3) is 5.91 Å². The molecule has 1 heterocycles. The summed E-state index contributed by atoms with van der Waals surface area (Å²) in [4.78, 5) is 11.5. The monoisotopic (exact) mass is 212 g/mol. The highest BCUT2D eigenvalue weighted by Crippen LogP contribution is 2.08. The van der Waals surface area contributed by atoms with Crippen LogP contribution in [0.1, 0.15) is 24.3 Å². The van der Waals surface area contributed by atoms with Crippen LogP contribution in [-0.2, 0) is 6.54 Å². The zero-order valence-corrected chi connectivity index (χ0v) is 8.90. The summed E-state index contributed by atoms with van der Waals surface area (Å²) in [6.07, 6.45) is 1.03. The Morgan fingerprint density at radius 3 is 2.93 bits per heavy atom. The van der Waals surface area contributed by atoms with E-state index in [1.54, 1.807) is 17.8 Å². The summed E-state index contributed by atoms with van der Waals surface area (Å²) >= 11 is 0. The molecule has 1 amide bonds. The summed E-state index contributed by atoms with van der Waals surface area (Å²) in [5.74, 6) is -0.361. The van der Waals surface area contributed by atoms with Crippen LogP contribution >= 0.6 is 0 Å². The van der Waals surface area contributed by atoms with Crippen molar-refractivity contribution in [3.8, 4) is 0 Å². The molecule has 6 nitrogen and oxygen atoms in total. The summed E-state index contributed by atoms with van der Waals surface area (Å²) in [5.41, 5.74) is 6.17. The summed E-state index contributed by atoms with van der Waals surface area (Å²) in [6, 6.07) is 0. The van der Waals surface area contributed by atoms with E-state index >= 15 is 0 Å². The van der Waals surface area contributed by atoms with E-state index in [0.29, 0.717) is 12.2 Å². The number of nitrogens with zero attached hydrogens (tertiary/aromatic N) is 2. The van der Waals surface area contributed by atoms with Crippen LogP contribution in [0.5, 0.6) is 0 Å². The minimum atomic E-state index is -0.580. The second kappa shape index (κ2) is 4.79. The first-order valence-corrected chi connectivity index (χ1v) is 4.83. The van der Waals surface area contributed by atoms with Gasteiger partial charge in [-0.15, -0.1) is 0 Å². The average molecular weight is 212 g/mol. The van der Waals surface area contributed by atoms with E-state index in [1.807, 2.05) is 6.92 Å². The maximum atomic E-state index is 11.5. The van der Waals surface area contributed by atoms with Crippen molar-refractivity contribution in [1.29, 1.82) is 0 Å². The van der Waals surface area contributed by atoms with E-state index in [0.717, 1.165) is 0 Å². The number of nitrogens with one attached hydrogen (secondary N) is 1. The standard InChI is InChI=1S/C9H16N4O2/c1-3-13-5-7(10)8(12-13)9(15)11-4-6(2)14/h5-6,14H,3-4,10H2,1-2H3,(H,11,15)/t6-/m1/s1. The van der Waals surface area contributed by atoms with Gasteiger partial charge >= 0.3 is 0 Å². The Balaban J connectivity index is 2.68. The Hall–Kier alpha value is -1.56. The van der Waals surface area contributed by atoms with Gasteiger partial charge in [-0.05, 0) is 13.8 Å². The molecular formula is C9H16N4O2. The molecule has 0 aliphatic heterocycles. The van der Waals surface area contributed by atoms with Crippen LogP contribution in [0.4, 0.5) is 5.69 Å². The highest BCUT2D eigenvalue weighted by Gasteiger charge is 2.14. The number of hydrogen-bond acceptors (Lipinski definition) is 4. The van der Waals surface area contributed by atoms with Crippen molar-refractivity contribution >= 4 is 11.6 Å². The molecule has 1 atom stereocenters. The summed E-state index contributed by atoms with van der Waals surface area (Å²) < 4.78 is 1.59. The van der Waals surface area contributed by atoms with Crippen molar-refractivity contribution in [2.45, 2.75) is 26.5 Å². The molecule has 1 aromatic heterocycles. The Labute approximate surface area is 88.1 Å². The first-order chi connectivity index (χ1) is 7.04. The summed E-state index contributed by atoms with van der Waals surface area (Å²) in [5, 5.41) is 15.5. The molecule has 0 aliphatic carbocycles. The molecule has 0 aliphatic rings. The lowest BCUT2D eigenvalue weighted by Gasteiger charge is -2.05. The smallest absolute Gasteiger partial charge is 0.274 e. The summed E-state index contributed by atoms with van der Waals surface area (Å²) in [6.45, 7) is 4.35. The molecule has 6 heteroatoms. The Bertz CT molecular complexity index is 346. The van der Waals surface area contributed by atoms with Gasteiger partial charge in [-0.25, -0.2) is 0 Å². The van der Waals surface area contributed by atoms with Crippen molar-refractivity contribution in [3.63, 3.8) is 0 Å². The number of nitrogens with two attached hydrogens (primary N) is 1. The quantitative estimate of drug-likeness (QED) is 0.633. The first kappa shape index (κ1) is 11.5. The van der Waals surface area contributed by atoms with Gasteiger partial charge in [0, 0.05) is 19.3 Å². The number of amides is 1. The van der Waals surface area contributed by atoms with Gasteiger partial charge in [-0.2, -0.15) is 5.10 Å². The minimum absolute atomic E-state index is 0.192. The lowest BCUT2D eigenvalue weighted by Crippen LogP contribution is -2.31. The number of anilines is 1. The molecule has 4 N–H and O–H groups in total. The maximum absolute atomic E-state index is 11.5. The third kappa shape index (κ3) is 2.95. The van der Waals surface area contributed by atoms with E-state index in [4.69, 9.17) is 10.8 Å². The van der Waals surface area contributed by atoms with Crippen LogP contribution in [0.2, 0.25) is 0 Å². The molecule has 0 fully saturated rings. The van der Waals surface area contributed by atoms with Crippen molar-refractivity contribution in [2.24, 2.45) is 0 Å². The molecular weight excluding hydrogens is 196 g/mol. The fourth-order valence-electron chi connectivity index (χ4n) is 1.10. The second-order valence-electron chi connectivity index (χ2n) is 3.35. The number of carbonyl (C=O) groups is 1. The number of aliphatic hydroxyl groups is 1. The number of hydrogen-bond donors (Lipinski definition) is 3. The zero-order valence-electron chi connectivity index (χ0n) is 8.90. The van der Waals surface area contributed by atoms with Crippen LogP contribution in [0, 0.1) is 0 Å². The molecule has 0 unspecified atom stereocenters. The summed E-state index contributed by atoms with van der Waals surface area (Å²) in [7, 11) is 0. The number of carbonyl (C=O) groups excluding carboxylic acids is 1. The van der Waals surface area contributed by atoms with Crippen molar-refractivity contribution in [3.05, 3.63) is 11.9 Å². The van der Waals surface area contributed by atoms with Gasteiger partial charge in [0.1, 0.15) is 0 Å². The topological polar surface area (TPSA) is 93.2 Å². The predicted molar refractivity (Wildman–Crippen MR) is 56.3 cm³/mol. The van der Waals surface area contributed by atoms with E-state index in [1.165, 1.54) is 0 Å². The number of aliphatic hydroxyl groups excluding tert-OH is 1. The lowest BCUT2D eigenvalue weighted by atomic mass is 10.3. The zero-order chi connectivity index (χ0) is 11.4. The van der Waals surface area contributed by atoms with Gasteiger partial charge in [-0.1, -0.05) is 0 Å². The third-order valence-corrected chi connectivity index (χ3v) is 1.89. The molecule has 0 spiro atoms. The average Bonchev–Trinajstić information content (AvgIpc) is 2.56. The highest BCUT2D eigenvalue weighted by molar-refractivity contribution is 5.96. The Kier molecular flexibility index (Phi) is 3.68. The predicted octanol–water partition coefficient (Wildman–Crippen LogP) is -0.404. The van der Waals surface area contributed by atoms with E-state index in [9.17, 15) is 4.79 Å². The fraction of sp³-hybridized carbons (Fsp3) is 0.556. The van der Waals surface area contributed by atoms with Gasteiger partial charge < -0.3 is 16.2 Å². The number of rotatable bonds is 4. The highest BCUT2D eigenvalue weighted by atomic mass is 16.3. The molecule has 0 aromatic carbocycles. The SMILES string of the molecule is CCn1cc(N)c(C(=O)NC[C@@H](C)O)n1.